The largest absolute Gasteiger partial charge is 0.481 e. The Bertz CT molecular complexity index is 253. The zero-order chi connectivity index (χ0) is 11.4. The van der Waals surface area contributed by atoms with Gasteiger partial charge in [0.05, 0.1) is 13.0 Å². The van der Waals surface area contributed by atoms with Crippen LogP contribution in [0, 0.1) is 0 Å². The number of amides is 1. The van der Waals surface area contributed by atoms with E-state index in [4.69, 9.17) is 5.11 Å². The van der Waals surface area contributed by atoms with Crippen LogP contribution < -0.4 is 0 Å². The van der Waals surface area contributed by atoms with E-state index in [2.05, 4.69) is 0 Å². The predicted octanol–water partition coefficient (Wildman–Crippen LogP) is 0.0137. The van der Waals surface area contributed by atoms with Gasteiger partial charge in [0.25, 0.3) is 0 Å². The first-order valence-electron chi connectivity index (χ1n) is 5.16. The lowest BCUT2D eigenvalue weighted by molar-refractivity contribution is -0.140. The number of carbonyl (C=O) groups excluding carboxylic acids is 1. The summed E-state index contributed by atoms with van der Waals surface area (Å²) in [5.74, 6) is -0.798. The molecule has 1 N–H and O–H groups in total. The molecule has 0 aromatic heterocycles. The van der Waals surface area contributed by atoms with Crippen LogP contribution in [0.5, 0.6) is 0 Å². The molecule has 0 aromatic carbocycles. The van der Waals surface area contributed by atoms with Gasteiger partial charge in [-0.15, -0.1) is 0 Å². The molecule has 1 fully saturated rings. The Morgan fingerprint density at radius 3 is 2.67 bits per heavy atom. The predicted molar refractivity (Wildman–Crippen MR) is 55.5 cm³/mol. The minimum absolute atomic E-state index is 0.0313. The van der Waals surface area contributed by atoms with Crippen LogP contribution in [-0.4, -0.2) is 60.0 Å². The summed E-state index contributed by atoms with van der Waals surface area (Å²) in [6.07, 6.45) is 1.79. The van der Waals surface area contributed by atoms with E-state index in [9.17, 15) is 9.59 Å². The molecule has 15 heavy (non-hydrogen) atoms. The Hall–Kier alpha value is -1.10. The van der Waals surface area contributed by atoms with Crippen LogP contribution in [0.3, 0.4) is 0 Å². The Balaban J connectivity index is 2.52. The van der Waals surface area contributed by atoms with Crippen molar-refractivity contribution in [1.29, 1.82) is 0 Å². The fourth-order valence-corrected chi connectivity index (χ4v) is 1.94. The number of carboxylic acid groups (broad SMARTS) is 1. The first-order chi connectivity index (χ1) is 7.00. The molecule has 5 nitrogen and oxygen atoms in total. The van der Waals surface area contributed by atoms with Crippen LogP contribution in [0.1, 0.15) is 19.3 Å². The van der Waals surface area contributed by atoms with Gasteiger partial charge in [0.1, 0.15) is 0 Å². The standard InChI is InChI=1S/C10H18N2O3/c1-11(2)7-9(13)12-5-3-4-8(12)6-10(14)15/h8H,3-7H2,1-2H3,(H,14,15). The van der Waals surface area contributed by atoms with Crippen LogP contribution in [0.2, 0.25) is 0 Å². The average molecular weight is 214 g/mol. The van der Waals surface area contributed by atoms with Gasteiger partial charge in [0.2, 0.25) is 5.91 Å². The molecule has 1 aliphatic rings. The first kappa shape index (κ1) is 12.0. The number of aliphatic carboxylic acids is 1. The summed E-state index contributed by atoms with van der Waals surface area (Å²) >= 11 is 0. The summed E-state index contributed by atoms with van der Waals surface area (Å²) in [5, 5.41) is 8.71. The van der Waals surface area contributed by atoms with Crippen molar-refractivity contribution in [1.82, 2.24) is 9.80 Å². The SMILES string of the molecule is CN(C)CC(=O)N1CCCC1CC(=O)O. The third kappa shape index (κ3) is 3.51. The van der Waals surface area contributed by atoms with Gasteiger partial charge in [-0.25, -0.2) is 0 Å². The second-order valence-electron chi connectivity index (χ2n) is 4.22. The van der Waals surface area contributed by atoms with Crippen molar-refractivity contribution in [2.45, 2.75) is 25.3 Å². The van der Waals surface area contributed by atoms with Crippen molar-refractivity contribution in [3.63, 3.8) is 0 Å². The number of hydrogen-bond acceptors (Lipinski definition) is 3. The van der Waals surface area contributed by atoms with Crippen LogP contribution in [-0.2, 0) is 9.59 Å². The molecule has 1 unspecified atom stereocenters. The van der Waals surface area contributed by atoms with E-state index < -0.39 is 5.97 Å². The Kier molecular flexibility index (Phi) is 4.08. The third-order valence-corrected chi connectivity index (χ3v) is 2.56. The van der Waals surface area contributed by atoms with Gasteiger partial charge < -0.3 is 14.9 Å². The molecule has 86 valence electrons. The molecule has 0 radical (unpaired) electrons. The minimum Gasteiger partial charge on any atom is -0.481 e. The third-order valence-electron chi connectivity index (χ3n) is 2.56. The Morgan fingerprint density at radius 1 is 1.47 bits per heavy atom. The van der Waals surface area contributed by atoms with Crippen LogP contribution in [0.15, 0.2) is 0 Å². The lowest BCUT2D eigenvalue weighted by Crippen LogP contribution is -2.41. The van der Waals surface area contributed by atoms with Crippen molar-refractivity contribution in [3.05, 3.63) is 0 Å². The molecule has 0 spiro atoms. The average Bonchev–Trinajstić information content (AvgIpc) is 2.49. The Labute approximate surface area is 89.7 Å². The highest BCUT2D eigenvalue weighted by molar-refractivity contribution is 5.79. The molecule has 0 saturated carbocycles. The van der Waals surface area contributed by atoms with Gasteiger partial charge >= 0.3 is 5.97 Å². The second-order valence-corrected chi connectivity index (χ2v) is 4.22. The smallest absolute Gasteiger partial charge is 0.305 e. The number of likely N-dealkylation sites (N-methyl/N-ethyl adjacent to an activating group) is 1. The van der Waals surface area contributed by atoms with E-state index in [1.807, 2.05) is 14.1 Å². The highest BCUT2D eigenvalue weighted by Gasteiger charge is 2.30. The van der Waals surface area contributed by atoms with Crippen molar-refractivity contribution in [2.75, 3.05) is 27.2 Å². The molecular weight excluding hydrogens is 196 g/mol. The maximum absolute atomic E-state index is 11.7. The van der Waals surface area contributed by atoms with Crippen LogP contribution in [0.4, 0.5) is 0 Å². The summed E-state index contributed by atoms with van der Waals surface area (Å²) < 4.78 is 0. The van der Waals surface area contributed by atoms with Crippen molar-refractivity contribution in [2.24, 2.45) is 0 Å². The molecule has 1 amide bonds. The van der Waals surface area contributed by atoms with E-state index in [0.29, 0.717) is 13.1 Å². The number of rotatable bonds is 4. The number of carboxylic acids is 1. The maximum atomic E-state index is 11.7. The van der Waals surface area contributed by atoms with Gasteiger partial charge in [-0.3, -0.25) is 9.59 Å². The molecule has 1 atom stereocenters. The van der Waals surface area contributed by atoms with E-state index >= 15 is 0 Å². The summed E-state index contributed by atoms with van der Waals surface area (Å²) in [4.78, 5) is 25.8. The van der Waals surface area contributed by atoms with Crippen LogP contribution in [0.25, 0.3) is 0 Å². The topological polar surface area (TPSA) is 60.9 Å². The molecule has 1 saturated heterocycles. The quantitative estimate of drug-likeness (QED) is 0.716. The zero-order valence-corrected chi connectivity index (χ0v) is 9.27. The van der Waals surface area contributed by atoms with Gasteiger partial charge in [0.15, 0.2) is 0 Å². The minimum atomic E-state index is -0.829. The first-order valence-corrected chi connectivity index (χ1v) is 5.16. The van der Waals surface area contributed by atoms with Gasteiger partial charge in [-0.05, 0) is 26.9 Å². The molecule has 1 aliphatic heterocycles. The summed E-state index contributed by atoms with van der Waals surface area (Å²) in [7, 11) is 3.67. The van der Waals surface area contributed by atoms with E-state index in [1.54, 1.807) is 9.80 Å². The van der Waals surface area contributed by atoms with Gasteiger partial charge in [0, 0.05) is 12.6 Å². The summed E-state index contributed by atoms with van der Waals surface area (Å²) in [6, 6.07) is -0.102. The van der Waals surface area contributed by atoms with E-state index in [1.165, 1.54) is 0 Å². The van der Waals surface area contributed by atoms with Gasteiger partial charge in [-0.1, -0.05) is 0 Å². The number of hydrogen-bond donors (Lipinski definition) is 1. The van der Waals surface area contributed by atoms with Crippen molar-refractivity contribution >= 4 is 11.9 Å². The summed E-state index contributed by atoms with van der Waals surface area (Å²) in [5.41, 5.74) is 0. The fraction of sp³-hybridized carbons (Fsp3) is 0.800. The summed E-state index contributed by atoms with van der Waals surface area (Å²) in [6.45, 7) is 1.06. The number of likely N-dealkylation sites (tertiary alicyclic amines) is 1. The van der Waals surface area contributed by atoms with E-state index in [-0.39, 0.29) is 18.4 Å². The van der Waals surface area contributed by atoms with Crippen LogP contribution >= 0.6 is 0 Å². The molecule has 0 aliphatic carbocycles. The lowest BCUT2D eigenvalue weighted by atomic mass is 10.1. The highest BCUT2D eigenvalue weighted by atomic mass is 16.4. The van der Waals surface area contributed by atoms with E-state index in [0.717, 1.165) is 12.8 Å². The fourth-order valence-electron chi connectivity index (χ4n) is 1.94. The van der Waals surface area contributed by atoms with Crippen molar-refractivity contribution < 1.29 is 14.7 Å². The van der Waals surface area contributed by atoms with Gasteiger partial charge in [-0.2, -0.15) is 0 Å². The normalized spacial score (nSPS) is 21.0. The molecule has 0 bridgehead atoms. The molecule has 1 heterocycles. The number of nitrogens with zero attached hydrogens (tertiary/aromatic N) is 2. The monoisotopic (exact) mass is 214 g/mol. The second kappa shape index (κ2) is 5.11. The lowest BCUT2D eigenvalue weighted by Gasteiger charge is -2.24. The zero-order valence-electron chi connectivity index (χ0n) is 9.27. The Morgan fingerprint density at radius 2 is 2.13 bits per heavy atom. The molecule has 5 heteroatoms. The molecule has 1 rings (SSSR count). The number of carbonyl (C=O) groups is 2. The molecule has 0 aromatic rings. The highest BCUT2D eigenvalue weighted by Crippen LogP contribution is 2.20. The molecular formula is C10H18N2O3. The maximum Gasteiger partial charge on any atom is 0.305 e. The van der Waals surface area contributed by atoms with Crippen molar-refractivity contribution in [3.8, 4) is 0 Å².